The molecule has 1 saturated heterocycles. The third-order valence-corrected chi connectivity index (χ3v) is 4.26. The van der Waals surface area contributed by atoms with E-state index in [-0.39, 0.29) is 5.91 Å². The van der Waals surface area contributed by atoms with Crippen LogP contribution in [0.25, 0.3) is 0 Å². The highest BCUT2D eigenvalue weighted by atomic mass is 16.5. The molecule has 8 heteroatoms. The van der Waals surface area contributed by atoms with E-state index in [0.29, 0.717) is 24.0 Å². The summed E-state index contributed by atoms with van der Waals surface area (Å²) in [5, 5.41) is 11.0. The second-order valence-corrected chi connectivity index (χ2v) is 6.50. The third-order valence-electron chi connectivity index (χ3n) is 4.26. The molecule has 0 radical (unpaired) electrons. The summed E-state index contributed by atoms with van der Waals surface area (Å²) in [6, 6.07) is 1.72. The molecule has 0 saturated carbocycles. The maximum absolute atomic E-state index is 12.2. The average Bonchev–Trinajstić information content (AvgIpc) is 3.05. The predicted molar refractivity (Wildman–Crippen MR) is 88.5 cm³/mol. The molecule has 0 bridgehead atoms. The standard InChI is InChI=1S/C16H24N6O2/c1-11-7-15(20-24-11)18-16(23)10-21-6-4-5-14(8-21)9-22-13(3)17-12(2)19-22/h7,14H,4-6,8-10H2,1-3H3,(H,18,20,23)/t14-/m0/s1. The second-order valence-electron chi connectivity index (χ2n) is 6.50. The van der Waals surface area contributed by atoms with Crippen molar-refractivity contribution < 1.29 is 9.32 Å². The van der Waals surface area contributed by atoms with Crippen molar-refractivity contribution in [2.45, 2.75) is 40.2 Å². The molecular weight excluding hydrogens is 308 g/mol. The number of nitrogens with one attached hydrogen (secondary N) is 1. The van der Waals surface area contributed by atoms with Crippen molar-refractivity contribution in [3.63, 3.8) is 0 Å². The summed E-state index contributed by atoms with van der Waals surface area (Å²) < 4.78 is 6.93. The third kappa shape index (κ3) is 4.19. The van der Waals surface area contributed by atoms with Gasteiger partial charge in [-0.15, -0.1) is 0 Å². The van der Waals surface area contributed by atoms with Crippen molar-refractivity contribution in [3.8, 4) is 0 Å². The Kier molecular flexibility index (Phi) is 4.94. The van der Waals surface area contributed by atoms with E-state index in [0.717, 1.165) is 44.1 Å². The Hall–Kier alpha value is -2.22. The van der Waals surface area contributed by atoms with Crippen molar-refractivity contribution >= 4 is 11.7 Å². The van der Waals surface area contributed by atoms with E-state index < -0.39 is 0 Å². The zero-order chi connectivity index (χ0) is 17.1. The lowest BCUT2D eigenvalue weighted by Crippen LogP contribution is -2.41. The first-order chi connectivity index (χ1) is 11.5. The van der Waals surface area contributed by atoms with Gasteiger partial charge >= 0.3 is 0 Å². The summed E-state index contributed by atoms with van der Waals surface area (Å²) in [4.78, 5) is 18.7. The molecule has 0 aromatic carbocycles. The van der Waals surface area contributed by atoms with Gasteiger partial charge in [-0.05, 0) is 46.1 Å². The first-order valence-electron chi connectivity index (χ1n) is 8.33. The first kappa shape index (κ1) is 16.6. The van der Waals surface area contributed by atoms with Gasteiger partial charge in [0.2, 0.25) is 5.91 Å². The summed E-state index contributed by atoms with van der Waals surface area (Å²) in [7, 11) is 0. The molecule has 3 rings (SSSR count). The minimum absolute atomic E-state index is 0.0586. The topological polar surface area (TPSA) is 89.1 Å². The maximum Gasteiger partial charge on any atom is 0.239 e. The molecule has 8 nitrogen and oxygen atoms in total. The SMILES string of the molecule is Cc1nc(C)n(C[C@H]2CCCN(CC(=O)Nc3cc(C)on3)C2)n1. The molecule has 1 N–H and O–H groups in total. The van der Waals surface area contributed by atoms with Crippen LogP contribution in [-0.2, 0) is 11.3 Å². The predicted octanol–water partition coefficient (Wildman–Crippen LogP) is 1.54. The zero-order valence-corrected chi connectivity index (χ0v) is 14.4. The number of hydrogen-bond acceptors (Lipinski definition) is 6. The number of nitrogens with zero attached hydrogens (tertiary/aromatic N) is 5. The van der Waals surface area contributed by atoms with Crippen LogP contribution in [-0.4, -0.2) is 50.4 Å². The Morgan fingerprint density at radius 3 is 2.92 bits per heavy atom. The van der Waals surface area contributed by atoms with Gasteiger partial charge in [0.25, 0.3) is 0 Å². The lowest BCUT2D eigenvalue weighted by atomic mass is 9.98. The van der Waals surface area contributed by atoms with E-state index >= 15 is 0 Å². The van der Waals surface area contributed by atoms with Crippen molar-refractivity contribution in [2.24, 2.45) is 5.92 Å². The van der Waals surface area contributed by atoms with Gasteiger partial charge < -0.3 is 9.84 Å². The second kappa shape index (κ2) is 7.12. The van der Waals surface area contributed by atoms with Crippen molar-refractivity contribution in [3.05, 3.63) is 23.5 Å². The average molecular weight is 332 g/mol. The van der Waals surface area contributed by atoms with Crippen LogP contribution in [0.2, 0.25) is 0 Å². The summed E-state index contributed by atoms with van der Waals surface area (Å²) in [6.07, 6.45) is 2.24. The fraction of sp³-hybridized carbons (Fsp3) is 0.625. The largest absolute Gasteiger partial charge is 0.360 e. The molecular formula is C16H24N6O2. The number of carbonyl (C=O) groups excluding carboxylic acids is 1. The lowest BCUT2D eigenvalue weighted by Gasteiger charge is -2.32. The highest BCUT2D eigenvalue weighted by Crippen LogP contribution is 2.18. The molecule has 2 aromatic rings. The fourth-order valence-electron chi connectivity index (χ4n) is 3.23. The Labute approximate surface area is 141 Å². The molecule has 24 heavy (non-hydrogen) atoms. The van der Waals surface area contributed by atoms with Gasteiger partial charge in [0, 0.05) is 19.2 Å². The van der Waals surface area contributed by atoms with Crippen molar-refractivity contribution in [1.82, 2.24) is 24.8 Å². The summed E-state index contributed by atoms with van der Waals surface area (Å²) >= 11 is 0. The Balaban J connectivity index is 1.51. The molecule has 1 fully saturated rings. The number of piperidine rings is 1. The molecule has 1 amide bonds. The van der Waals surface area contributed by atoms with Crippen LogP contribution < -0.4 is 5.32 Å². The van der Waals surface area contributed by atoms with Crippen LogP contribution in [0.5, 0.6) is 0 Å². The fourth-order valence-corrected chi connectivity index (χ4v) is 3.23. The Morgan fingerprint density at radius 2 is 2.25 bits per heavy atom. The van der Waals surface area contributed by atoms with Gasteiger partial charge in [-0.25, -0.2) is 9.67 Å². The van der Waals surface area contributed by atoms with Crippen LogP contribution in [0.3, 0.4) is 0 Å². The van der Waals surface area contributed by atoms with Gasteiger partial charge in [-0.1, -0.05) is 5.16 Å². The van der Waals surface area contributed by atoms with E-state index in [1.54, 1.807) is 13.0 Å². The normalized spacial score (nSPS) is 18.7. The van der Waals surface area contributed by atoms with E-state index in [2.05, 4.69) is 25.5 Å². The monoisotopic (exact) mass is 332 g/mol. The number of likely N-dealkylation sites (tertiary alicyclic amines) is 1. The van der Waals surface area contributed by atoms with Crippen LogP contribution in [0.1, 0.15) is 30.3 Å². The minimum Gasteiger partial charge on any atom is -0.360 e. The van der Waals surface area contributed by atoms with E-state index in [1.807, 2.05) is 18.5 Å². The van der Waals surface area contributed by atoms with Crippen molar-refractivity contribution in [1.29, 1.82) is 0 Å². The number of aryl methyl sites for hydroxylation is 3. The van der Waals surface area contributed by atoms with E-state index in [9.17, 15) is 4.79 Å². The van der Waals surface area contributed by atoms with Crippen LogP contribution in [0.15, 0.2) is 10.6 Å². The molecule has 1 aliphatic heterocycles. The zero-order valence-electron chi connectivity index (χ0n) is 14.4. The van der Waals surface area contributed by atoms with E-state index in [1.165, 1.54) is 0 Å². The van der Waals surface area contributed by atoms with Crippen LogP contribution >= 0.6 is 0 Å². The quantitative estimate of drug-likeness (QED) is 0.893. The summed E-state index contributed by atoms with van der Waals surface area (Å²) in [6.45, 7) is 8.75. The number of aromatic nitrogens is 4. The van der Waals surface area contributed by atoms with Crippen LogP contribution in [0.4, 0.5) is 5.82 Å². The number of amides is 1. The molecule has 3 heterocycles. The maximum atomic E-state index is 12.2. The first-order valence-corrected chi connectivity index (χ1v) is 8.33. The van der Waals surface area contributed by atoms with Gasteiger partial charge in [-0.3, -0.25) is 9.69 Å². The smallest absolute Gasteiger partial charge is 0.239 e. The molecule has 1 aliphatic rings. The minimum atomic E-state index is -0.0586. The number of carbonyl (C=O) groups is 1. The Bertz CT molecular complexity index is 707. The van der Waals surface area contributed by atoms with E-state index in [4.69, 9.17) is 4.52 Å². The highest BCUT2D eigenvalue weighted by Gasteiger charge is 2.23. The number of hydrogen-bond donors (Lipinski definition) is 1. The Morgan fingerprint density at radius 1 is 1.42 bits per heavy atom. The number of rotatable bonds is 5. The molecule has 1 atom stereocenters. The van der Waals surface area contributed by atoms with Gasteiger partial charge in [0.1, 0.15) is 17.4 Å². The van der Waals surface area contributed by atoms with Gasteiger partial charge in [0.15, 0.2) is 5.82 Å². The molecule has 2 aromatic heterocycles. The highest BCUT2D eigenvalue weighted by molar-refractivity contribution is 5.91. The molecule has 130 valence electrons. The number of anilines is 1. The van der Waals surface area contributed by atoms with Crippen molar-refractivity contribution in [2.75, 3.05) is 25.0 Å². The summed E-state index contributed by atoms with van der Waals surface area (Å²) in [5.41, 5.74) is 0. The molecule has 0 unspecified atom stereocenters. The van der Waals surface area contributed by atoms with Gasteiger partial charge in [0.05, 0.1) is 6.54 Å². The molecule has 0 aliphatic carbocycles. The summed E-state index contributed by atoms with van der Waals surface area (Å²) in [5.74, 6) is 3.34. The van der Waals surface area contributed by atoms with Crippen LogP contribution in [0, 0.1) is 26.7 Å². The lowest BCUT2D eigenvalue weighted by molar-refractivity contribution is -0.117. The van der Waals surface area contributed by atoms with Gasteiger partial charge in [-0.2, -0.15) is 5.10 Å². The molecule has 0 spiro atoms.